The second-order valence-electron chi connectivity index (χ2n) is 3.30. The van der Waals surface area contributed by atoms with Crippen molar-refractivity contribution in [1.82, 2.24) is 5.32 Å². The maximum atomic E-state index is 3.34. The van der Waals surface area contributed by atoms with Crippen LogP contribution in [0.15, 0.2) is 18.2 Å². The van der Waals surface area contributed by atoms with Crippen LogP contribution < -0.4 is 5.32 Å². The summed E-state index contributed by atoms with van der Waals surface area (Å²) in [5, 5.41) is 3.25. The number of halogens is 1. The van der Waals surface area contributed by atoms with Crippen LogP contribution >= 0.6 is 15.9 Å². The molecule has 0 saturated heterocycles. The Hall–Kier alpha value is -0.340. The molecule has 0 radical (unpaired) electrons. The average molecular weight is 242 g/mol. The van der Waals surface area contributed by atoms with Crippen LogP contribution in [0.2, 0.25) is 0 Å². The first-order valence-electron chi connectivity index (χ1n) is 4.57. The number of hydrogen-bond acceptors (Lipinski definition) is 1. The summed E-state index contributed by atoms with van der Waals surface area (Å²) in [6.45, 7) is 5.35. The van der Waals surface area contributed by atoms with E-state index in [-0.39, 0.29) is 0 Å². The van der Waals surface area contributed by atoms with E-state index in [1.54, 1.807) is 0 Å². The van der Waals surface area contributed by atoms with Gasteiger partial charge in [0.1, 0.15) is 0 Å². The first-order chi connectivity index (χ1) is 6.24. The molecular weight excluding hydrogens is 226 g/mol. The molecule has 0 heterocycles. The predicted octanol–water partition coefficient (Wildman–Crippen LogP) is 2.79. The van der Waals surface area contributed by atoms with Gasteiger partial charge in [0.05, 0.1) is 5.45 Å². The van der Waals surface area contributed by atoms with E-state index in [1.807, 2.05) is 0 Å². The summed E-state index contributed by atoms with van der Waals surface area (Å²) >= 11 is 3.34. The Kier molecular flexibility index (Phi) is 4.46. The third kappa shape index (κ3) is 3.49. The van der Waals surface area contributed by atoms with Gasteiger partial charge in [-0.15, -0.1) is 0 Å². The molecule has 0 aliphatic heterocycles. The zero-order valence-electron chi connectivity index (χ0n) is 8.23. The van der Waals surface area contributed by atoms with Crippen LogP contribution in [0.5, 0.6) is 0 Å². The molecule has 1 rings (SSSR count). The first-order valence-corrected chi connectivity index (χ1v) is 5.69. The van der Waals surface area contributed by atoms with Gasteiger partial charge in [0.25, 0.3) is 0 Å². The lowest BCUT2D eigenvalue weighted by Crippen LogP contribution is -2.14. The van der Waals surface area contributed by atoms with Gasteiger partial charge in [-0.1, -0.05) is 34.1 Å². The summed E-state index contributed by atoms with van der Waals surface area (Å²) < 4.78 is 0. The Morgan fingerprint density at radius 1 is 1.23 bits per heavy atom. The lowest BCUT2D eigenvalue weighted by molar-refractivity contribution is 0.778. The van der Waals surface area contributed by atoms with Crippen molar-refractivity contribution in [1.29, 1.82) is 0 Å². The van der Waals surface area contributed by atoms with Crippen molar-refractivity contribution in [3.05, 3.63) is 34.9 Å². The molecule has 13 heavy (non-hydrogen) atoms. The molecule has 0 atom stereocenters. The number of nitrogens with one attached hydrogen (secondary N) is 1. The van der Waals surface area contributed by atoms with Gasteiger partial charge in [-0.05, 0) is 43.5 Å². The largest absolute Gasteiger partial charge is 0.307 e. The first kappa shape index (κ1) is 10.7. The summed E-state index contributed by atoms with van der Waals surface area (Å²) in [5.74, 6) is 0. The van der Waals surface area contributed by atoms with Crippen molar-refractivity contribution in [3.8, 4) is 0 Å². The van der Waals surface area contributed by atoms with Gasteiger partial charge in [0, 0.05) is 0 Å². The maximum absolute atomic E-state index is 3.34. The minimum atomic E-state index is 0.873. The molecule has 0 bridgehead atoms. The van der Waals surface area contributed by atoms with Gasteiger partial charge in [-0.25, -0.2) is 0 Å². The van der Waals surface area contributed by atoms with E-state index in [2.05, 4.69) is 53.3 Å². The monoisotopic (exact) mass is 241 g/mol. The second-order valence-corrected chi connectivity index (χ2v) is 3.86. The minimum absolute atomic E-state index is 0.873. The van der Waals surface area contributed by atoms with Gasteiger partial charge in [0.15, 0.2) is 0 Å². The Bertz CT molecular complexity index is 271. The van der Waals surface area contributed by atoms with Crippen molar-refractivity contribution in [2.45, 2.75) is 20.3 Å². The van der Waals surface area contributed by atoms with Gasteiger partial charge in [0.2, 0.25) is 0 Å². The van der Waals surface area contributed by atoms with Crippen LogP contribution in [0.1, 0.15) is 16.7 Å². The van der Waals surface area contributed by atoms with E-state index in [1.165, 1.54) is 16.7 Å². The molecule has 0 aromatic heterocycles. The predicted molar refractivity (Wildman–Crippen MR) is 61.4 cm³/mol. The van der Waals surface area contributed by atoms with Gasteiger partial charge < -0.3 is 5.32 Å². The maximum Gasteiger partial charge on any atom is 0.0517 e. The fourth-order valence-corrected chi connectivity index (χ4v) is 1.54. The molecule has 0 aliphatic carbocycles. The molecule has 72 valence electrons. The summed E-state index contributed by atoms with van der Waals surface area (Å²) in [6.07, 6.45) is 1.10. The summed E-state index contributed by atoms with van der Waals surface area (Å²) in [4.78, 5) is 0. The SMILES string of the molecule is Cc1ccc(CCNCBr)cc1C. The van der Waals surface area contributed by atoms with E-state index in [0.717, 1.165) is 18.4 Å². The minimum Gasteiger partial charge on any atom is -0.307 e. The van der Waals surface area contributed by atoms with Gasteiger partial charge >= 0.3 is 0 Å². The van der Waals surface area contributed by atoms with Crippen molar-refractivity contribution in [3.63, 3.8) is 0 Å². The quantitative estimate of drug-likeness (QED) is 0.486. The van der Waals surface area contributed by atoms with E-state index < -0.39 is 0 Å². The van der Waals surface area contributed by atoms with E-state index in [0.29, 0.717) is 0 Å². The highest BCUT2D eigenvalue weighted by molar-refractivity contribution is 9.09. The van der Waals surface area contributed by atoms with Crippen LogP contribution in [0.25, 0.3) is 0 Å². The zero-order valence-corrected chi connectivity index (χ0v) is 9.82. The van der Waals surface area contributed by atoms with E-state index >= 15 is 0 Å². The van der Waals surface area contributed by atoms with Crippen LogP contribution in [0, 0.1) is 13.8 Å². The molecule has 2 heteroatoms. The Morgan fingerprint density at radius 2 is 2.00 bits per heavy atom. The number of hydrogen-bond donors (Lipinski definition) is 1. The van der Waals surface area contributed by atoms with E-state index in [4.69, 9.17) is 0 Å². The van der Waals surface area contributed by atoms with Crippen molar-refractivity contribution >= 4 is 15.9 Å². The molecule has 0 amide bonds. The molecule has 0 spiro atoms. The van der Waals surface area contributed by atoms with Crippen LogP contribution in [0.4, 0.5) is 0 Å². The Labute approximate surface area is 88.7 Å². The zero-order chi connectivity index (χ0) is 9.68. The molecule has 1 aromatic rings. The van der Waals surface area contributed by atoms with Crippen LogP contribution in [0.3, 0.4) is 0 Å². The third-order valence-corrected chi connectivity index (χ3v) is 2.65. The summed E-state index contributed by atoms with van der Waals surface area (Å²) in [5.41, 5.74) is 5.04. The molecule has 0 unspecified atom stereocenters. The molecule has 0 fully saturated rings. The highest BCUT2D eigenvalue weighted by atomic mass is 79.9. The second kappa shape index (κ2) is 5.40. The molecule has 0 aliphatic rings. The average Bonchev–Trinajstić information content (AvgIpc) is 2.12. The van der Waals surface area contributed by atoms with Crippen molar-refractivity contribution in [2.75, 3.05) is 12.0 Å². The van der Waals surface area contributed by atoms with Crippen LogP contribution in [-0.2, 0) is 6.42 Å². The van der Waals surface area contributed by atoms with Crippen molar-refractivity contribution in [2.24, 2.45) is 0 Å². The lowest BCUT2D eigenvalue weighted by Gasteiger charge is -2.05. The standard InChI is InChI=1S/C11H16BrN/c1-9-3-4-11(7-10(9)2)5-6-13-8-12/h3-4,7,13H,5-6,8H2,1-2H3. The number of benzene rings is 1. The Balaban J connectivity index is 2.53. The lowest BCUT2D eigenvalue weighted by atomic mass is 10.0. The highest BCUT2D eigenvalue weighted by Crippen LogP contribution is 2.09. The highest BCUT2D eigenvalue weighted by Gasteiger charge is 1.95. The smallest absolute Gasteiger partial charge is 0.0517 e. The van der Waals surface area contributed by atoms with Crippen molar-refractivity contribution < 1.29 is 0 Å². The number of rotatable bonds is 4. The molecule has 1 aromatic carbocycles. The molecule has 1 N–H and O–H groups in total. The molecule has 1 nitrogen and oxygen atoms in total. The molecule has 0 saturated carbocycles. The Morgan fingerprint density at radius 3 is 2.62 bits per heavy atom. The fraction of sp³-hybridized carbons (Fsp3) is 0.455. The van der Waals surface area contributed by atoms with Gasteiger partial charge in [-0.3, -0.25) is 0 Å². The topological polar surface area (TPSA) is 12.0 Å². The normalized spacial score (nSPS) is 10.4. The van der Waals surface area contributed by atoms with Crippen LogP contribution in [-0.4, -0.2) is 12.0 Å². The van der Waals surface area contributed by atoms with E-state index in [9.17, 15) is 0 Å². The van der Waals surface area contributed by atoms with Gasteiger partial charge in [-0.2, -0.15) is 0 Å². The number of alkyl halides is 1. The molecular formula is C11H16BrN. The third-order valence-electron chi connectivity index (χ3n) is 2.26. The number of aryl methyl sites for hydroxylation is 2. The summed E-state index contributed by atoms with van der Waals surface area (Å²) in [6, 6.07) is 6.67. The summed E-state index contributed by atoms with van der Waals surface area (Å²) in [7, 11) is 0. The fourth-order valence-electron chi connectivity index (χ4n) is 1.26.